The zero-order valence-corrected chi connectivity index (χ0v) is 15.0. The number of thioether (sulfide) groups is 1. The summed E-state index contributed by atoms with van der Waals surface area (Å²) in [6, 6.07) is 17.6. The smallest absolute Gasteiger partial charge is 0.209 e. The van der Waals surface area contributed by atoms with Crippen LogP contribution in [-0.4, -0.2) is 26.2 Å². The van der Waals surface area contributed by atoms with Crippen LogP contribution in [-0.2, 0) is 0 Å². The molecular formula is C20H19N3OS. The highest BCUT2D eigenvalue weighted by atomic mass is 32.2. The molecule has 0 saturated heterocycles. The molecule has 1 atom stereocenters. The van der Waals surface area contributed by atoms with Gasteiger partial charge in [0.1, 0.15) is 5.82 Å². The Bertz CT molecular complexity index is 869. The lowest BCUT2D eigenvalue weighted by atomic mass is 10.1. The summed E-state index contributed by atoms with van der Waals surface area (Å²) in [5.41, 5.74) is 2.95. The predicted octanol–water partition coefficient (Wildman–Crippen LogP) is 4.65. The molecule has 5 heteroatoms. The molecule has 4 nitrogen and oxygen atoms in total. The maximum Gasteiger partial charge on any atom is 0.209 e. The Balaban J connectivity index is 1.63. The van der Waals surface area contributed by atoms with Crippen LogP contribution in [0.5, 0.6) is 0 Å². The fourth-order valence-corrected chi connectivity index (χ4v) is 3.10. The van der Waals surface area contributed by atoms with Gasteiger partial charge in [0, 0.05) is 5.56 Å². The van der Waals surface area contributed by atoms with Crippen LogP contribution in [0.2, 0.25) is 0 Å². The monoisotopic (exact) mass is 349 g/mol. The quantitative estimate of drug-likeness (QED) is 0.520. The zero-order chi connectivity index (χ0) is 17.6. The second-order valence-corrected chi connectivity index (χ2v) is 7.05. The minimum atomic E-state index is -0.246. The standard InChI is InChI=1S/C20H19N3OS/c1-14-8-11-17(12-9-14)19(24)15(2)25-20-21-18(22-23-20)13-10-16-6-4-3-5-7-16/h3-13,15H,1-2H3,(H,21,22,23)/b13-10+. The molecule has 0 aliphatic heterocycles. The molecule has 0 fully saturated rings. The summed E-state index contributed by atoms with van der Waals surface area (Å²) in [5.74, 6) is 0.748. The summed E-state index contributed by atoms with van der Waals surface area (Å²) in [7, 11) is 0. The number of ketones is 1. The number of H-pyrrole nitrogens is 1. The van der Waals surface area contributed by atoms with Crippen molar-refractivity contribution in [1.29, 1.82) is 0 Å². The molecule has 3 aromatic rings. The molecule has 0 amide bonds. The highest BCUT2D eigenvalue weighted by Gasteiger charge is 2.18. The molecule has 1 unspecified atom stereocenters. The molecule has 1 aromatic heterocycles. The number of hydrogen-bond donors (Lipinski definition) is 1. The fourth-order valence-electron chi connectivity index (χ4n) is 2.29. The molecule has 1 N–H and O–H groups in total. The number of aromatic amines is 1. The van der Waals surface area contributed by atoms with Crippen molar-refractivity contribution in [3.05, 3.63) is 77.1 Å². The van der Waals surface area contributed by atoms with Gasteiger partial charge in [-0.1, -0.05) is 78.0 Å². The van der Waals surface area contributed by atoms with E-state index >= 15 is 0 Å². The van der Waals surface area contributed by atoms with E-state index in [1.54, 1.807) is 0 Å². The maximum atomic E-state index is 12.5. The molecule has 0 saturated carbocycles. The molecule has 0 bridgehead atoms. The van der Waals surface area contributed by atoms with E-state index < -0.39 is 0 Å². The molecule has 2 aromatic carbocycles. The number of carbonyl (C=O) groups excluding carboxylic acids is 1. The Labute approximate surface area is 151 Å². The summed E-state index contributed by atoms with van der Waals surface area (Å²) >= 11 is 1.36. The first-order valence-electron chi connectivity index (χ1n) is 8.05. The van der Waals surface area contributed by atoms with Crippen molar-refractivity contribution in [3.63, 3.8) is 0 Å². The number of hydrogen-bond acceptors (Lipinski definition) is 4. The SMILES string of the molecule is Cc1ccc(C(=O)C(C)Sc2n[nH]c(/C=C/c3ccccc3)n2)cc1. The normalized spacial score (nSPS) is 12.4. The van der Waals surface area contributed by atoms with E-state index in [1.807, 2.05) is 80.6 Å². The second kappa shape index (κ2) is 7.94. The first-order chi connectivity index (χ1) is 12.1. The molecule has 0 aliphatic rings. The second-order valence-electron chi connectivity index (χ2n) is 5.74. The van der Waals surface area contributed by atoms with Crippen LogP contribution in [0.15, 0.2) is 59.8 Å². The van der Waals surface area contributed by atoms with E-state index in [-0.39, 0.29) is 11.0 Å². The van der Waals surface area contributed by atoms with Crippen LogP contribution in [0.3, 0.4) is 0 Å². The van der Waals surface area contributed by atoms with Crippen molar-refractivity contribution in [3.8, 4) is 0 Å². The van der Waals surface area contributed by atoms with Crippen LogP contribution in [0.1, 0.15) is 34.2 Å². The summed E-state index contributed by atoms with van der Waals surface area (Å²) < 4.78 is 0. The molecule has 126 valence electrons. The van der Waals surface area contributed by atoms with Gasteiger partial charge in [0.05, 0.1) is 5.25 Å². The number of benzene rings is 2. The molecule has 0 radical (unpaired) electrons. The molecular weight excluding hydrogens is 330 g/mol. The van der Waals surface area contributed by atoms with Gasteiger partial charge < -0.3 is 0 Å². The van der Waals surface area contributed by atoms with Gasteiger partial charge in [-0.2, -0.15) is 0 Å². The van der Waals surface area contributed by atoms with Gasteiger partial charge in [-0.15, -0.1) is 5.10 Å². The van der Waals surface area contributed by atoms with Crippen LogP contribution in [0.25, 0.3) is 12.2 Å². The average molecular weight is 349 g/mol. The molecule has 25 heavy (non-hydrogen) atoms. The minimum Gasteiger partial charge on any atom is -0.293 e. The lowest BCUT2D eigenvalue weighted by molar-refractivity contribution is 0.0994. The summed E-state index contributed by atoms with van der Waals surface area (Å²) in [6.45, 7) is 3.88. The topological polar surface area (TPSA) is 58.6 Å². The predicted molar refractivity (Wildman–Crippen MR) is 103 cm³/mol. The van der Waals surface area contributed by atoms with Gasteiger partial charge >= 0.3 is 0 Å². The third-order valence-corrected chi connectivity index (χ3v) is 4.66. The Morgan fingerprint density at radius 2 is 1.80 bits per heavy atom. The maximum absolute atomic E-state index is 12.5. The van der Waals surface area contributed by atoms with Gasteiger partial charge in [0.25, 0.3) is 0 Å². The van der Waals surface area contributed by atoms with Gasteiger partial charge in [0.2, 0.25) is 5.16 Å². The van der Waals surface area contributed by atoms with E-state index in [4.69, 9.17) is 0 Å². The number of aromatic nitrogens is 3. The van der Waals surface area contributed by atoms with E-state index in [9.17, 15) is 4.79 Å². The Kier molecular flexibility index (Phi) is 5.46. The Morgan fingerprint density at radius 3 is 2.52 bits per heavy atom. The molecule has 1 heterocycles. The average Bonchev–Trinajstić information content (AvgIpc) is 3.08. The van der Waals surface area contributed by atoms with Gasteiger partial charge in [0.15, 0.2) is 5.78 Å². The van der Waals surface area contributed by atoms with Crippen LogP contribution < -0.4 is 0 Å². The number of nitrogens with zero attached hydrogens (tertiary/aromatic N) is 2. The van der Waals surface area contributed by atoms with Gasteiger partial charge in [-0.25, -0.2) is 4.98 Å². The van der Waals surface area contributed by atoms with Crippen molar-refractivity contribution in [2.75, 3.05) is 0 Å². The molecule has 0 aliphatic carbocycles. The summed E-state index contributed by atoms with van der Waals surface area (Å²) in [4.78, 5) is 16.9. The lowest BCUT2D eigenvalue weighted by Gasteiger charge is -2.07. The van der Waals surface area contributed by atoms with Gasteiger partial charge in [-0.3, -0.25) is 9.89 Å². The van der Waals surface area contributed by atoms with Crippen LogP contribution in [0.4, 0.5) is 0 Å². The fraction of sp³-hybridized carbons (Fsp3) is 0.150. The van der Waals surface area contributed by atoms with E-state index in [1.165, 1.54) is 11.8 Å². The third-order valence-electron chi connectivity index (χ3n) is 3.70. The largest absolute Gasteiger partial charge is 0.293 e. The number of rotatable bonds is 6. The number of nitrogens with one attached hydrogen (secondary N) is 1. The van der Waals surface area contributed by atoms with E-state index in [0.717, 1.165) is 11.1 Å². The Morgan fingerprint density at radius 1 is 1.08 bits per heavy atom. The van der Waals surface area contributed by atoms with Gasteiger partial charge in [-0.05, 0) is 25.5 Å². The number of carbonyl (C=O) groups is 1. The van der Waals surface area contributed by atoms with Crippen molar-refractivity contribution in [1.82, 2.24) is 15.2 Å². The molecule has 3 rings (SSSR count). The first-order valence-corrected chi connectivity index (χ1v) is 8.93. The van der Waals surface area contributed by atoms with E-state index in [2.05, 4.69) is 15.2 Å². The number of Topliss-reactive ketones (excluding diaryl/α,β-unsaturated/α-hetero) is 1. The van der Waals surface area contributed by atoms with Crippen LogP contribution in [0, 0.1) is 6.92 Å². The van der Waals surface area contributed by atoms with Crippen molar-refractivity contribution < 1.29 is 4.79 Å². The van der Waals surface area contributed by atoms with E-state index in [0.29, 0.717) is 16.5 Å². The van der Waals surface area contributed by atoms with Crippen molar-refractivity contribution in [2.45, 2.75) is 24.3 Å². The van der Waals surface area contributed by atoms with Crippen molar-refractivity contribution in [2.24, 2.45) is 0 Å². The number of aryl methyl sites for hydroxylation is 1. The highest BCUT2D eigenvalue weighted by molar-refractivity contribution is 8.00. The summed E-state index contributed by atoms with van der Waals surface area (Å²) in [6.07, 6.45) is 3.84. The third kappa shape index (κ3) is 4.67. The van der Waals surface area contributed by atoms with Crippen LogP contribution >= 0.6 is 11.8 Å². The summed E-state index contributed by atoms with van der Waals surface area (Å²) in [5, 5.41) is 7.39. The lowest BCUT2D eigenvalue weighted by Crippen LogP contribution is -2.13. The van der Waals surface area contributed by atoms with Crippen molar-refractivity contribution >= 4 is 29.7 Å². The zero-order valence-electron chi connectivity index (χ0n) is 14.1. The first kappa shape index (κ1) is 17.2. The molecule has 0 spiro atoms. The minimum absolute atomic E-state index is 0.0798. The highest BCUT2D eigenvalue weighted by Crippen LogP contribution is 2.23. The Hall–Kier alpha value is -2.66.